The van der Waals surface area contributed by atoms with Gasteiger partial charge in [-0.1, -0.05) is 6.07 Å². The molecular weight excluding hydrogens is 219 g/mol. The molecule has 0 saturated heterocycles. The van der Waals surface area contributed by atoms with E-state index in [-0.39, 0.29) is 24.0 Å². The summed E-state index contributed by atoms with van der Waals surface area (Å²) in [5, 5.41) is 4.08. The van der Waals surface area contributed by atoms with Crippen LogP contribution in [0.2, 0.25) is 0 Å². The van der Waals surface area contributed by atoms with Crippen LogP contribution in [0.25, 0.3) is 0 Å². The van der Waals surface area contributed by atoms with Crippen molar-refractivity contribution in [3.05, 3.63) is 29.0 Å². The molecule has 1 heterocycles. The zero-order valence-corrected chi connectivity index (χ0v) is 6.65. The molecule has 7 heavy (non-hydrogen) atoms. The van der Waals surface area contributed by atoms with Gasteiger partial charge in [-0.05, 0) is 12.1 Å². The van der Waals surface area contributed by atoms with Gasteiger partial charge in [-0.3, -0.25) is 0 Å². The van der Waals surface area contributed by atoms with Gasteiger partial charge in [0.25, 0.3) is 0 Å². The molecule has 0 N–H and O–H groups in total. The largest absolute Gasteiger partial charge is 1.00 e. The third-order valence-electron chi connectivity index (χ3n) is 0.536. The smallest absolute Gasteiger partial charge is 0.211 e. The van der Waals surface area contributed by atoms with Crippen molar-refractivity contribution in [1.82, 2.24) is 0 Å². The highest BCUT2D eigenvalue weighted by Gasteiger charge is 1.74. The van der Waals surface area contributed by atoms with E-state index < -0.39 is 0 Å². The minimum atomic E-state index is 0. The van der Waals surface area contributed by atoms with Crippen LogP contribution in [0.4, 0.5) is 0 Å². The van der Waals surface area contributed by atoms with Crippen LogP contribution in [0.5, 0.6) is 0 Å². The first-order chi connectivity index (χ1) is 3.00. The molecule has 1 aromatic rings. The van der Waals surface area contributed by atoms with Crippen LogP contribution in [-0.2, 0) is 0 Å². The van der Waals surface area contributed by atoms with E-state index >= 15 is 0 Å². The summed E-state index contributed by atoms with van der Waals surface area (Å²) in [6.07, 6.45) is 0. The van der Waals surface area contributed by atoms with Gasteiger partial charge in [0.2, 0.25) is 11.3 Å². The first-order valence-electron chi connectivity index (χ1n) is 1.80. The van der Waals surface area contributed by atoms with E-state index in [9.17, 15) is 0 Å². The summed E-state index contributed by atoms with van der Waals surface area (Å²) in [5.41, 5.74) is 0. The fourth-order valence-electron chi connectivity index (χ4n) is 0.291. The van der Waals surface area contributed by atoms with Crippen molar-refractivity contribution in [3.8, 4) is 0 Å². The van der Waals surface area contributed by atoms with Gasteiger partial charge in [0.1, 0.15) is 0 Å². The summed E-state index contributed by atoms with van der Waals surface area (Å²) < 4.78 is 0. The van der Waals surface area contributed by atoms with Crippen LogP contribution in [-0.4, -0.2) is 0 Å². The lowest BCUT2D eigenvalue weighted by Gasteiger charge is -1.56. The van der Waals surface area contributed by atoms with Crippen LogP contribution in [0, 0.1) is 0 Å². The molecule has 0 amide bonds. The van der Waals surface area contributed by atoms with Crippen molar-refractivity contribution >= 4 is 11.3 Å². The lowest BCUT2D eigenvalue weighted by Crippen LogP contribution is -3.00. The molecule has 2 heteroatoms. The molecule has 1 aromatic heterocycles. The Morgan fingerprint density at radius 1 is 0.857 bits per heavy atom. The molecule has 0 atom stereocenters. The molecule has 0 aliphatic heterocycles. The molecule has 0 nitrogen and oxygen atoms in total. The Hall–Kier alpha value is 0.300. The van der Waals surface area contributed by atoms with Crippen molar-refractivity contribution in [2.45, 2.75) is 0 Å². The SMILES string of the molecule is [I-].c1cc[s+]cc1. The molecule has 0 aliphatic rings. The average molecular weight is 224 g/mol. The molecule has 0 aliphatic carbocycles. The summed E-state index contributed by atoms with van der Waals surface area (Å²) >= 11 is 1.70. The van der Waals surface area contributed by atoms with E-state index in [0.717, 1.165) is 0 Å². The number of hydrogen-bond acceptors (Lipinski definition) is 0. The highest BCUT2D eigenvalue weighted by Crippen LogP contribution is 1.90. The van der Waals surface area contributed by atoms with Crippen LogP contribution in [0.3, 0.4) is 0 Å². The topological polar surface area (TPSA) is 0 Å². The highest BCUT2D eigenvalue weighted by molar-refractivity contribution is 7.07. The van der Waals surface area contributed by atoms with E-state index in [0.29, 0.717) is 0 Å². The Balaban J connectivity index is 0.000000360. The van der Waals surface area contributed by atoms with Crippen LogP contribution in [0.15, 0.2) is 29.0 Å². The maximum Gasteiger partial charge on any atom is 0.211 e. The molecular formula is C5H5IS. The van der Waals surface area contributed by atoms with E-state index in [2.05, 4.69) is 0 Å². The molecule has 0 aromatic carbocycles. The Morgan fingerprint density at radius 3 is 1.57 bits per heavy atom. The van der Waals surface area contributed by atoms with Crippen molar-refractivity contribution in [1.29, 1.82) is 0 Å². The first kappa shape index (κ1) is 7.30. The van der Waals surface area contributed by atoms with E-state index in [1.807, 2.05) is 29.0 Å². The van der Waals surface area contributed by atoms with Gasteiger partial charge >= 0.3 is 0 Å². The van der Waals surface area contributed by atoms with E-state index in [1.54, 1.807) is 11.3 Å². The van der Waals surface area contributed by atoms with E-state index in [1.165, 1.54) is 0 Å². The fourth-order valence-corrected chi connectivity index (χ4v) is 0.745. The van der Waals surface area contributed by atoms with Crippen LogP contribution >= 0.6 is 11.3 Å². The van der Waals surface area contributed by atoms with Crippen molar-refractivity contribution in [2.24, 2.45) is 0 Å². The molecule has 0 unspecified atom stereocenters. The second-order valence-corrected chi connectivity index (χ2v) is 1.80. The van der Waals surface area contributed by atoms with Gasteiger partial charge in [0.15, 0.2) is 10.8 Å². The quantitative estimate of drug-likeness (QED) is 0.393. The summed E-state index contributed by atoms with van der Waals surface area (Å²) in [7, 11) is 0. The molecule has 0 radical (unpaired) electrons. The van der Waals surface area contributed by atoms with Crippen molar-refractivity contribution in [3.63, 3.8) is 0 Å². The number of rotatable bonds is 0. The predicted octanol–water partition coefficient (Wildman–Crippen LogP) is -0.967. The third-order valence-corrected chi connectivity index (χ3v) is 1.17. The lowest BCUT2D eigenvalue weighted by atomic mass is 10.6. The van der Waals surface area contributed by atoms with Gasteiger partial charge < -0.3 is 24.0 Å². The second-order valence-electron chi connectivity index (χ2n) is 0.986. The molecule has 0 saturated carbocycles. The Bertz CT molecular complexity index is 80.0. The molecule has 38 valence electrons. The second kappa shape index (κ2) is 4.46. The van der Waals surface area contributed by atoms with Crippen LogP contribution in [0.1, 0.15) is 0 Å². The monoisotopic (exact) mass is 224 g/mol. The first-order valence-corrected chi connectivity index (χ1v) is 2.75. The van der Waals surface area contributed by atoms with E-state index in [4.69, 9.17) is 0 Å². The predicted molar refractivity (Wildman–Crippen MR) is 28.7 cm³/mol. The van der Waals surface area contributed by atoms with Crippen molar-refractivity contribution in [2.75, 3.05) is 0 Å². The highest BCUT2D eigenvalue weighted by atomic mass is 127. The summed E-state index contributed by atoms with van der Waals surface area (Å²) in [4.78, 5) is 0. The maximum atomic E-state index is 2.04. The minimum absolute atomic E-state index is 0. The van der Waals surface area contributed by atoms with Crippen molar-refractivity contribution < 1.29 is 24.0 Å². The molecule has 0 spiro atoms. The zero-order chi connectivity index (χ0) is 4.24. The number of hydrogen-bond donors (Lipinski definition) is 0. The summed E-state index contributed by atoms with van der Waals surface area (Å²) in [5.74, 6) is 0. The molecule has 0 bridgehead atoms. The van der Waals surface area contributed by atoms with Gasteiger partial charge in [-0.15, -0.1) is 0 Å². The average Bonchev–Trinajstić information content (AvgIpc) is 1.72. The van der Waals surface area contributed by atoms with Crippen LogP contribution < -0.4 is 24.0 Å². The van der Waals surface area contributed by atoms with Gasteiger partial charge in [0, 0.05) is 0 Å². The fraction of sp³-hybridized carbons (Fsp3) is 0. The zero-order valence-electron chi connectivity index (χ0n) is 3.67. The Morgan fingerprint density at radius 2 is 1.43 bits per heavy atom. The summed E-state index contributed by atoms with van der Waals surface area (Å²) in [6, 6.07) is 6.05. The summed E-state index contributed by atoms with van der Waals surface area (Å²) in [6.45, 7) is 0. The Labute approximate surface area is 64.2 Å². The van der Waals surface area contributed by atoms with Gasteiger partial charge in [0.05, 0.1) is 0 Å². The lowest BCUT2D eigenvalue weighted by molar-refractivity contribution is -0.00000114. The number of halogens is 1. The normalized spacial score (nSPS) is 6.86. The minimum Gasteiger partial charge on any atom is -1.00 e. The van der Waals surface area contributed by atoms with Gasteiger partial charge in [-0.25, -0.2) is 0 Å². The maximum absolute atomic E-state index is 2.04. The Kier molecular flexibility index (Phi) is 4.65. The standard InChI is InChI=1S/C5H5S.HI/c1-2-4-6-5-3-1;/h1-5H;1H/q+1;/p-1. The molecule has 0 fully saturated rings. The third kappa shape index (κ3) is 2.93. The van der Waals surface area contributed by atoms with Gasteiger partial charge in [-0.2, -0.15) is 0 Å². The molecule has 1 rings (SSSR count).